The van der Waals surface area contributed by atoms with E-state index in [0.29, 0.717) is 48.3 Å². The molecule has 8 amide bonds. The van der Waals surface area contributed by atoms with Gasteiger partial charge in [-0.05, 0) is 80.9 Å². The van der Waals surface area contributed by atoms with Gasteiger partial charge in [-0.3, -0.25) is 43.3 Å². The minimum absolute atomic E-state index is 0.0135. The van der Waals surface area contributed by atoms with E-state index in [1.165, 1.54) is 9.58 Å². The molecule has 3 aliphatic rings. The number of nitrogens with zero attached hydrogens (tertiary/aromatic N) is 4. The average Bonchev–Trinajstić information content (AvgIpc) is 1.71. The molecule has 5 rings (SSSR count). The molecule has 2 aliphatic heterocycles. The highest BCUT2D eigenvalue weighted by molar-refractivity contribution is 6.03. The van der Waals surface area contributed by atoms with E-state index >= 15 is 0 Å². The number of carbonyl (C=O) groups excluding carboxylic acids is 9. The summed E-state index contributed by atoms with van der Waals surface area (Å²) in [6.07, 6.45) is -3.52. The van der Waals surface area contributed by atoms with Gasteiger partial charge in [0.25, 0.3) is 0 Å². The van der Waals surface area contributed by atoms with Gasteiger partial charge in [0.1, 0.15) is 55.5 Å². The van der Waals surface area contributed by atoms with Crippen LogP contribution in [0, 0.1) is 29.6 Å². The Morgan fingerprint density at radius 1 is 0.753 bits per heavy atom. The number of likely N-dealkylation sites (tertiary alicyclic amines) is 1. The van der Waals surface area contributed by atoms with Crippen LogP contribution < -0.4 is 32.3 Å². The summed E-state index contributed by atoms with van der Waals surface area (Å²) < 4.78 is 40.8. The molecule has 522 valence electrons. The SMILES string of the molecule is CC(C)C(=O)OCc1ccc(NC(=O)[C@H](CCCNC(N)=O)CC(=O)[C@@H](NC(=O)[C@@H](CCCCNC(=O)COC2CCCCCc3c2nnn3[C@@H]2O[C@H](CO)[C@H](O)[C@H](O)[C@H]2O)NC(=O)CCOCCOCCOCCOCCN2C(=O)CC(C(C)C)C2=O)C(C)C)cc1. The number of aliphatic hydroxyl groups excluding tert-OH is 4. The number of Topliss-reactive ketones (excluding diaryl/α,β-unsaturated/α-hetero) is 1. The number of ketones is 1. The fourth-order valence-corrected chi connectivity index (χ4v) is 10.8. The molecule has 1 aliphatic carbocycles. The number of nitrogens with two attached hydrogens (primary N) is 1. The molecule has 2 aromatic rings. The van der Waals surface area contributed by atoms with Crippen LogP contribution in [0.5, 0.6) is 0 Å². The van der Waals surface area contributed by atoms with Crippen LogP contribution in [-0.4, -0.2) is 216 Å². The van der Waals surface area contributed by atoms with Crippen molar-refractivity contribution in [1.82, 2.24) is 41.2 Å². The zero-order valence-corrected chi connectivity index (χ0v) is 54.6. The van der Waals surface area contributed by atoms with Crippen LogP contribution in [0.3, 0.4) is 0 Å². The Kier molecular flexibility index (Phi) is 33.7. The van der Waals surface area contributed by atoms with Crippen LogP contribution in [0.1, 0.15) is 148 Å². The molecule has 0 saturated carbocycles. The Bertz CT molecular complexity index is 2700. The largest absolute Gasteiger partial charge is 0.461 e. The van der Waals surface area contributed by atoms with Gasteiger partial charge < -0.3 is 85.9 Å². The molecular weight excluding hydrogens is 1220 g/mol. The first-order valence-electron chi connectivity index (χ1n) is 32.5. The van der Waals surface area contributed by atoms with Crippen molar-refractivity contribution >= 4 is 58.9 Å². The highest BCUT2D eigenvalue weighted by Gasteiger charge is 2.46. The second kappa shape index (κ2) is 40.6. The lowest BCUT2D eigenvalue weighted by Crippen LogP contribution is -2.56. The summed E-state index contributed by atoms with van der Waals surface area (Å²) >= 11 is 0. The van der Waals surface area contributed by atoms with Crippen LogP contribution >= 0.6 is 0 Å². The summed E-state index contributed by atoms with van der Waals surface area (Å²) in [5, 5.41) is 63.7. The van der Waals surface area contributed by atoms with Crippen molar-refractivity contribution in [2.24, 2.45) is 35.3 Å². The molecule has 2 saturated heterocycles. The van der Waals surface area contributed by atoms with Gasteiger partial charge >= 0.3 is 12.0 Å². The summed E-state index contributed by atoms with van der Waals surface area (Å²) in [6, 6.07) is 3.67. The van der Waals surface area contributed by atoms with Crippen LogP contribution in [-0.2, 0) is 84.5 Å². The number of fused-ring (bicyclic) bond motifs is 1. The monoisotopic (exact) mass is 1320 g/mol. The highest BCUT2D eigenvalue weighted by atomic mass is 16.6. The molecule has 30 heteroatoms. The molecule has 10 atom stereocenters. The van der Waals surface area contributed by atoms with E-state index in [1.54, 1.807) is 52.0 Å². The second-order valence-corrected chi connectivity index (χ2v) is 24.6. The predicted molar refractivity (Wildman–Crippen MR) is 333 cm³/mol. The first kappa shape index (κ1) is 77.1. The Morgan fingerprint density at radius 3 is 2.05 bits per heavy atom. The van der Waals surface area contributed by atoms with Crippen LogP contribution in [0.25, 0.3) is 0 Å². The number of primary amides is 1. The molecule has 1 aromatic carbocycles. The third kappa shape index (κ3) is 25.6. The maximum absolute atomic E-state index is 14.3. The molecule has 2 unspecified atom stereocenters. The van der Waals surface area contributed by atoms with Gasteiger partial charge in [-0.15, -0.1) is 5.10 Å². The number of benzene rings is 1. The molecule has 1 aromatic heterocycles. The summed E-state index contributed by atoms with van der Waals surface area (Å²) in [7, 11) is 0. The van der Waals surface area contributed by atoms with Crippen LogP contribution in [0.2, 0.25) is 0 Å². The molecule has 0 radical (unpaired) electrons. The smallest absolute Gasteiger partial charge is 0.312 e. The quantitative estimate of drug-likeness (QED) is 0.0253. The zero-order chi connectivity index (χ0) is 68.0. The molecule has 0 bridgehead atoms. The maximum Gasteiger partial charge on any atom is 0.312 e. The Morgan fingerprint density at radius 2 is 1.42 bits per heavy atom. The van der Waals surface area contributed by atoms with Gasteiger partial charge in [-0.1, -0.05) is 71.7 Å². The number of hydrogen-bond acceptors (Lipinski definition) is 22. The van der Waals surface area contributed by atoms with Gasteiger partial charge in [0.2, 0.25) is 35.4 Å². The van der Waals surface area contributed by atoms with E-state index in [4.69, 9.17) is 38.9 Å². The van der Waals surface area contributed by atoms with Gasteiger partial charge in [0.05, 0.1) is 83.7 Å². The van der Waals surface area contributed by atoms with Crippen molar-refractivity contribution in [2.45, 2.75) is 180 Å². The Hall–Kier alpha value is -6.61. The first-order chi connectivity index (χ1) is 44.5. The number of rotatable bonds is 42. The molecule has 2 fully saturated rings. The fraction of sp³-hybridized carbons (Fsp3) is 0.730. The number of anilines is 1. The second-order valence-electron chi connectivity index (χ2n) is 24.6. The number of imide groups is 1. The van der Waals surface area contributed by atoms with Crippen molar-refractivity contribution in [1.29, 1.82) is 0 Å². The van der Waals surface area contributed by atoms with Crippen molar-refractivity contribution in [3.05, 3.63) is 41.2 Å². The van der Waals surface area contributed by atoms with Gasteiger partial charge in [-0.25, -0.2) is 9.48 Å². The van der Waals surface area contributed by atoms with E-state index in [0.717, 1.165) is 19.3 Å². The van der Waals surface area contributed by atoms with Crippen LogP contribution in [0.15, 0.2) is 24.3 Å². The lowest BCUT2D eigenvalue weighted by molar-refractivity contribution is -0.254. The molecule has 93 heavy (non-hydrogen) atoms. The Labute approximate surface area is 543 Å². The molecule has 3 heterocycles. The van der Waals surface area contributed by atoms with Crippen molar-refractivity contribution in [3.63, 3.8) is 0 Å². The van der Waals surface area contributed by atoms with E-state index in [9.17, 15) is 63.6 Å². The number of esters is 1. The maximum atomic E-state index is 14.3. The molecule has 30 nitrogen and oxygen atoms in total. The number of unbranched alkanes of at least 4 members (excludes halogenated alkanes) is 1. The normalized spacial score (nSPS) is 21.0. The minimum atomic E-state index is -1.62. The molecular formula is C63H100N10O20. The number of aromatic nitrogens is 3. The Balaban J connectivity index is 1.13. The predicted octanol–water partition coefficient (Wildman–Crippen LogP) is 1.19. The summed E-state index contributed by atoms with van der Waals surface area (Å²) in [5.74, 6) is -5.14. The standard InChI is InChI=1S/C63H100N10O20/c1-38(2)44-34-52(78)72(60(44)84)24-26-88-28-30-90-32-31-89-29-27-87-25-21-50(76)68-45(14-10-11-22-65-51(77)37-91-48-16-9-7-8-15-46-54(48)70-71-73(46)61-57(81)56(80)55(79)49(35-74)93-61)59(83)69-53(39(3)4)47(75)33-42(13-12-23-66-63(64)86)58(82)67-43-19-17-41(18-20-43)36-92-62(85)40(5)6/h17-20,38-40,42,44-45,48-49,53,55-57,61,74,79-81H,7-16,21-37H2,1-6H3,(H,65,77)(H,67,82)(H,68,76)(H,69,83)(H3,64,66,86)/t42-,44?,45-,48?,49-,53+,55+,56+,57-,61-/m1/s1. The number of hydrogen-bond donors (Lipinski definition) is 10. The third-order valence-electron chi connectivity index (χ3n) is 16.3. The van der Waals surface area contributed by atoms with E-state index < -0.39 is 103 Å². The van der Waals surface area contributed by atoms with Crippen molar-refractivity contribution in [3.8, 4) is 0 Å². The van der Waals surface area contributed by atoms with E-state index in [2.05, 4.69) is 36.9 Å². The summed E-state index contributed by atoms with van der Waals surface area (Å²) in [5.41, 5.74) is 7.37. The first-order valence-corrected chi connectivity index (χ1v) is 32.5. The molecule has 0 spiro atoms. The van der Waals surface area contributed by atoms with Gasteiger partial charge in [-0.2, -0.15) is 0 Å². The number of urea groups is 1. The topological polar surface area (TPSA) is 419 Å². The van der Waals surface area contributed by atoms with Crippen LogP contribution in [0.4, 0.5) is 10.5 Å². The van der Waals surface area contributed by atoms with E-state index in [1.807, 2.05) is 13.8 Å². The fourth-order valence-electron chi connectivity index (χ4n) is 10.8. The lowest BCUT2D eigenvalue weighted by Gasteiger charge is -2.40. The third-order valence-corrected chi connectivity index (χ3v) is 16.3. The number of nitrogens with one attached hydrogen (secondary N) is 5. The number of amides is 8. The summed E-state index contributed by atoms with van der Waals surface area (Å²) in [6.45, 7) is 12.0. The van der Waals surface area contributed by atoms with Crippen molar-refractivity contribution < 1.29 is 96.7 Å². The van der Waals surface area contributed by atoms with Gasteiger partial charge in [0.15, 0.2) is 12.0 Å². The zero-order valence-electron chi connectivity index (χ0n) is 54.6. The van der Waals surface area contributed by atoms with Gasteiger partial charge in [0, 0.05) is 49.9 Å². The number of ether oxygens (including phenoxy) is 7. The highest BCUT2D eigenvalue weighted by Crippen LogP contribution is 2.35. The summed E-state index contributed by atoms with van der Waals surface area (Å²) in [4.78, 5) is 119. The molecule has 11 N–H and O–H groups in total. The average molecular weight is 1320 g/mol. The number of carbonyl (C=O) groups is 9. The number of aliphatic hydroxyl groups is 4. The lowest BCUT2D eigenvalue weighted by atomic mass is 9.89. The van der Waals surface area contributed by atoms with Crippen molar-refractivity contribution in [2.75, 3.05) is 91.0 Å². The van der Waals surface area contributed by atoms with E-state index in [-0.39, 0.29) is 160 Å². The minimum Gasteiger partial charge on any atom is -0.461 e.